The Morgan fingerprint density at radius 2 is 2.06 bits per heavy atom. The molecular formula is C24H30N4O3S. The van der Waals surface area contributed by atoms with Gasteiger partial charge in [0.2, 0.25) is 0 Å². The number of hydrogen-bond donors (Lipinski definition) is 0. The third-order valence-electron chi connectivity index (χ3n) is 6.00. The molecule has 0 saturated carbocycles. The van der Waals surface area contributed by atoms with Gasteiger partial charge in [-0.25, -0.2) is 0 Å². The first-order valence-electron chi connectivity index (χ1n) is 11.0. The van der Waals surface area contributed by atoms with E-state index in [0.717, 1.165) is 65.2 Å². The number of ether oxygens (including phenoxy) is 2. The molecule has 1 aliphatic rings. The zero-order valence-electron chi connectivity index (χ0n) is 19.1. The number of para-hydroxylation sites is 1. The average Bonchev–Trinajstić information content (AvgIpc) is 3.53. The monoisotopic (exact) mass is 454 g/mol. The number of carbonyl (C=O) groups excluding carboxylic acids is 1. The molecule has 0 unspecified atom stereocenters. The molecule has 170 valence electrons. The molecule has 8 heteroatoms. The van der Waals surface area contributed by atoms with E-state index in [1.54, 1.807) is 7.11 Å². The summed E-state index contributed by atoms with van der Waals surface area (Å²) in [7, 11) is 1.65. The lowest BCUT2D eigenvalue weighted by Gasteiger charge is -2.14. The number of methoxy groups -OCH3 is 1. The van der Waals surface area contributed by atoms with Crippen molar-refractivity contribution in [1.29, 1.82) is 0 Å². The van der Waals surface area contributed by atoms with Gasteiger partial charge in [0, 0.05) is 36.6 Å². The van der Waals surface area contributed by atoms with Crippen molar-refractivity contribution in [3.63, 3.8) is 0 Å². The molecule has 0 spiro atoms. The molecule has 1 saturated heterocycles. The second-order valence-corrected chi connectivity index (χ2v) is 8.94. The molecule has 2 aromatic heterocycles. The van der Waals surface area contributed by atoms with Crippen LogP contribution in [0.5, 0.6) is 5.75 Å². The molecule has 0 amide bonds. The van der Waals surface area contributed by atoms with Gasteiger partial charge in [-0.05, 0) is 51.8 Å². The van der Waals surface area contributed by atoms with Crippen LogP contribution >= 0.6 is 11.8 Å². The number of thioether (sulfide) groups is 1. The molecule has 0 radical (unpaired) electrons. The Morgan fingerprint density at radius 1 is 1.25 bits per heavy atom. The van der Waals surface area contributed by atoms with E-state index in [0.29, 0.717) is 12.3 Å². The van der Waals surface area contributed by atoms with E-state index in [-0.39, 0.29) is 11.9 Å². The molecule has 1 aromatic carbocycles. The molecule has 3 heterocycles. The molecule has 1 atom stereocenters. The topological polar surface area (TPSA) is 71.2 Å². The third-order valence-corrected chi connectivity index (χ3v) is 6.96. The zero-order valence-corrected chi connectivity index (χ0v) is 19.9. The van der Waals surface area contributed by atoms with Gasteiger partial charge < -0.3 is 18.6 Å². The summed E-state index contributed by atoms with van der Waals surface area (Å²) in [4.78, 5) is 13.1. The second kappa shape index (κ2) is 9.92. The number of aromatic nitrogens is 4. The fourth-order valence-corrected chi connectivity index (χ4v) is 5.16. The largest absolute Gasteiger partial charge is 0.496 e. The lowest BCUT2D eigenvalue weighted by molar-refractivity contribution is 0.0957. The number of hydrogen-bond acceptors (Lipinski definition) is 6. The standard InChI is InChI=1S/C24H30N4O3S/c1-5-27-23(19-10-6-7-11-22(19)30-4)25-26-24(27)32-15-21(29)20-13-16(2)28(17(20)3)14-18-9-8-12-31-18/h6-7,10-11,13,18H,5,8-9,12,14-15H2,1-4H3/t18-/m0/s1. The minimum absolute atomic E-state index is 0.103. The Balaban J connectivity index is 1.49. The summed E-state index contributed by atoms with van der Waals surface area (Å²) in [5.74, 6) is 1.91. The van der Waals surface area contributed by atoms with Crippen LogP contribution < -0.4 is 4.74 Å². The molecule has 1 fully saturated rings. The molecule has 4 rings (SSSR count). The van der Waals surface area contributed by atoms with Crippen molar-refractivity contribution in [1.82, 2.24) is 19.3 Å². The van der Waals surface area contributed by atoms with Crippen LogP contribution in [0.25, 0.3) is 11.4 Å². The molecular weight excluding hydrogens is 424 g/mol. The highest BCUT2D eigenvalue weighted by molar-refractivity contribution is 7.99. The van der Waals surface area contributed by atoms with Crippen molar-refractivity contribution in [2.75, 3.05) is 19.5 Å². The minimum Gasteiger partial charge on any atom is -0.496 e. The Morgan fingerprint density at radius 3 is 2.78 bits per heavy atom. The predicted molar refractivity (Wildman–Crippen MR) is 126 cm³/mol. The Bertz CT molecular complexity index is 1100. The highest BCUT2D eigenvalue weighted by Crippen LogP contribution is 2.31. The SMILES string of the molecule is CCn1c(SCC(=O)c2cc(C)n(C[C@@H]3CCCO3)c2C)nnc1-c1ccccc1OC. The van der Waals surface area contributed by atoms with E-state index in [9.17, 15) is 4.79 Å². The van der Waals surface area contributed by atoms with Crippen molar-refractivity contribution in [3.05, 3.63) is 47.3 Å². The molecule has 32 heavy (non-hydrogen) atoms. The van der Waals surface area contributed by atoms with Gasteiger partial charge in [0.05, 0.1) is 24.5 Å². The van der Waals surface area contributed by atoms with Crippen molar-refractivity contribution >= 4 is 17.5 Å². The van der Waals surface area contributed by atoms with Crippen LogP contribution in [-0.4, -0.2) is 50.7 Å². The van der Waals surface area contributed by atoms with Crippen LogP contribution in [0, 0.1) is 13.8 Å². The maximum atomic E-state index is 13.1. The van der Waals surface area contributed by atoms with Gasteiger partial charge in [-0.2, -0.15) is 0 Å². The van der Waals surface area contributed by atoms with Gasteiger partial charge in [-0.1, -0.05) is 23.9 Å². The van der Waals surface area contributed by atoms with E-state index in [2.05, 4.69) is 21.7 Å². The summed E-state index contributed by atoms with van der Waals surface area (Å²) >= 11 is 1.43. The maximum Gasteiger partial charge on any atom is 0.191 e. The molecule has 0 bridgehead atoms. The minimum atomic E-state index is 0.103. The predicted octanol–water partition coefficient (Wildman–Crippen LogP) is 4.55. The first-order chi connectivity index (χ1) is 15.5. The summed E-state index contributed by atoms with van der Waals surface area (Å²) in [6.45, 7) is 8.47. The summed E-state index contributed by atoms with van der Waals surface area (Å²) in [5, 5.41) is 9.49. The van der Waals surface area contributed by atoms with Gasteiger partial charge in [0.25, 0.3) is 0 Å². The highest BCUT2D eigenvalue weighted by atomic mass is 32.2. The number of aryl methyl sites for hydroxylation is 1. The van der Waals surface area contributed by atoms with Crippen molar-refractivity contribution < 1.29 is 14.3 Å². The van der Waals surface area contributed by atoms with Gasteiger partial charge in [-0.15, -0.1) is 10.2 Å². The Labute approximate surface area is 193 Å². The number of nitrogens with zero attached hydrogens (tertiary/aromatic N) is 4. The normalized spacial score (nSPS) is 15.9. The Kier molecular flexibility index (Phi) is 7.01. The fourth-order valence-electron chi connectivity index (χ4n) is 4.27. The highest BCUT2D eigenvalue weighted by Gasteiger charge is 2.22. The lowest BCUT2D eigenvalue weighted by Crippen LogP contribution is -2.17. The first-order valence-corrected chi connectivity index (χ1v) is 12.0. The van der Waals surface area contributed by atoms with E-state index in [4.69, 9.17) is 9.47 Å². The van der Waals surface area contributed by atoms with Crippen LogP contribution in [0.3, 0.4) is 0 Å². The number of Topliss-reactive ketones (excluding diaryl/α,β-unsaturated/α-hetero) is 1. The summed E-state index contributed by atoms with van der Waals surface area (Å²) in [5.41, 5.74) is 3.78. The van der Waals surface area contributed by atoms with Gasteiger partial charge in [-0.3, -0.25) is 4.79 Å². The van der Waals surface area contributed by atoms with Gasteiger partial charge in [0.15, 0.2) is 16.8 Å². The average molecular weight is 455 g/mol. The lowest BCUT2D eigenvalue weighted by atomic mass is 10.2. The van der Waals surface area contributed by atoms with Crippen LogP contribution in [0.1, 0.15) is 41.5 Å². The van der Waals surface area contributed by atoms with Crippen LogP contribution in [0.15, 0.2) is 35.5 Å². The van der Waals surface area contributed by atoms with E-state index in [1.807, 2.05) is 48.7 Å². The van der Waals surface area contributed by atoms with Crippen molar-refractivity contribution in [2.24, 2.45) is 0 Å². The van der Waals surface area contributed by atoms with E-state index >= 15 is 0 Å². The summed E-state index contributed by atoms with van der Waals surface area (Å²) < 4.78 is 15.5. The number of rotatable bonds is 9. The smallest absolute Gasteiger partial charge is 0.191 e. The van der Waals surface area contributed by atoms with E-state index in [1.165, 1.54) is 11.8 Å². The maximum absolute atomic E-state index is 13.1. The Hall–Kier alpha value is -2.58. The van der Waals surface area contributed by atoms with Gasteiger partial charge >= 0.3 is 0 Å². The second-order valence-electron chi connectivity index (χ2n) is 7.99. The summed E-state index contributed by atoms with van der Waals surface area (Å²) in [6, 6.07) is 9.76. The number of benzene rings is 1. The molecule has 0 N–H and O–H groups in total. The quantitative estimate of drug-likeness (QED) is 0.349. The third kappa shape index (κ3) is 4.47. The first kappa shape index (κ1) is 22.6. The molecule has 1 aliphatic heterocycles. The van der Waals surface area contributed by atoms with Crippen LogP contribution in [0.4, 0.5) is 0 Å². The van der Waals surface area contributed by atoms with Crippen molar-refractivity contribution in [2.45, 2.75) is 58.0 Å². The van der Waals surface area contributed by atoms with E-state index < -0.39 is 0 Å². The zero-order chi connectivity index (χ0) is 22.7. The summed E-state index contributed by atoms with van der Waals surface area (Å²) in [6.07, 6.45) is 2.44. The van der Waals surface area contributed by atoms with Gasteiger partial charge in [0.1, 0.15) is 5.75 Å². The van der Waals surface area contributed by atoms with Crippen LogP contribution in [0.2, 0.25) is 0 Å². The molecule has 0 aliphatic carbocycles. The molecule has 3 aromatic rings. The van der Waals surface area contributed by atoms with Crippen LogP contribution in [-0.2, 0) is 17.8 Å². The molecule has 7 nitrogen and oxygen atoms in total. The number of ketones is 1. The van der Waals surface area contributed by atoms with Crippen molar-refractivity contribution in [3.8, 4) is 17.1 Å². The number of carbonyl (C=O) groups is 1. The fraction of sp³-hybridized carbons (Fsp3) is 0.458.